The van der Waals surface area contributed by atoms with Crippen LogP contribution in [0, 0.1) is 25.7 Å². The zero-order valence-corrected chi connectivity index (χ0v) is 11.2. The van der Waals surface area contributed by atoms with Crippen molar-refractivity contribution in [3.05, 3.63) is 41.5 Å². The number of fused-ring (bicyclic) bond motifs is 1. The van der Waals surface area contributed by atoms with Crippen molar-refractivity contribution in [2.24, 2.45) is 11.8 Å². The molecule has 1 heterocycles. The van der Waals surface area contributed by atoms with Gasteiger partial charge in [-0.1, -0.05) is 18.2 Å². The van der Waals surface area contributed by atoms with Crippen LogP contribution in [0.15, 0.2) is 30.4 Å². The molecular weight excluding hydrogens is 238 g/mol. The number of imide groups is 1. The van der Waals surface area contributed by atoms with E-state index in [0.29, 0.717) is 18.5 Å². The molecule has 0 aromatic heterocycles. The van der Waals surface area contributed by atoms with Crippen LogP contribution in [0.2, 0.25) is 0 Å². The van der Waals surface area contributed by atoms with E-state index in [1.54, 1.807) is 0 Å². The molecule has 1 aliphatic heterocycles. The largest absolute Gasteiger partial charge is 0.274 e. The molecule has 0 bridgehead atoms. The molecule has 1 fully saturated rings. The van der Waals surface area contributed by atoms with Gasteiger partial charge in [0.15, 0.2) is 0 Å². The molecule has 1 aromatic rings. The van der Waals surface area contributed by atoms with Gasteiger partial charge in [0.1, 0.15) is 0 Å². The Morgan fingerprint density at radius 1 is 0.947 bits per heavy atom. The first kappa shape index (κ1) is 12.2. The van der Waals surface area contributed by atoms with Gasteiger partial charge in [-0.2, -0.15) is 0 Å². The van der Waals surface area contributed by atoms with Crippen LogP contribution in [0.5, 0.6) is 0 Å². The number of anilines is 1. The maximum atomic E-state index is 12.4. The van der Waals surface area contributed by atoms with Crippen LogP contribution in [0.3, 0.4) is 0 Å². The summed E-state index contributed by atoms with van der Waals surface area (Å²) in [4.78, 5) is 26.2. The van der Waals surface area contributed by atoms with Crippen LogP contribution < -0.4 is 4.90 Å². The minimum Gasteiger partial charge on any atom is -0.274 e. The normalized spacial score (nSPS) is 25.9. The summed E-state index contributed by atoms with van der Waals surface area (Å²) < 4.78 is 0. The molecule has 0 radical (unpaired) electrons. The smallest absolute Gasteiger partial charge is 0.238 e. The van der Waals surface area contributed by atoms with Gasteiger partial charge in [0, 0.05) is 0 Å². The minimum atomic E-state index is -0.154. The van der Waals surface area contributed by atoms with Crippen molar-refractivity contribution in [1.29, 1.82) is 0 Å². The predicted octanol–water partition coefficient (Wildman–Crippen LogP) is 2.76. The minimum absolute atomic E-state index is 0.0393. The van der Waals surface area contributed by atoms with E-state index < -0.39 is 0 Å². The van der Waals surface area contributed by atoms with Crippen molar-refractivity contribution in [2.75, 3.05) is 4.90 Å². The molecule has 0 N–H and O–H groups in total. The van der Waals surface area contributed by atoms with Crippen molar-refractivity contribution in [1.82, 2.24) is 0 Å². The van der Waals surface area contributed by atoms with E-state index >= 15 is 0 Å². The summed E-state index contributed by atoms with van der Waals surface area (Å²) >= 11 is 0. The highest BCUT2D eigenvalue weighted by molar-refractivity contribution is 6.22. The second-order valence-corrected chi connectivity index (χ2v) is 5.44. The lowest BCUT2D eigenvalue weighted by Crippen LogP contribution is -2.30. The first-order valence-electron chi connectivity index (χ1n) is 6.69. The van der Waals surface area contributed by atoms with E-state index in [4.69, 9.17) is 0 Å². The Morgan fingerprint density at radius 3 is 2.05 bits per heavy atom. The molecule has 2 aliphatic rings. The van der Waals surface area contributed by atoms with Crippen LogP contribution in [0.1, 0.15) is 24.0 Å². The second kappa shape index (κ2) is 4.34. The molecule has 1 aliphatic carbocycles. The van der Waals surface area contributed by atoms with Crippen molar-refractivity contribution in [3.8, 4) is 0 Å². The quantitative estimate of drug-likeness (QED) is 0.571. The number of aryl methyl sites for hydroxylation is 2. The highest BCUT2D eigenvalue weighted by Gasteiger charge is 2.47. The summed E-state index contributed by atoms with van der Waals surface area (Å²) in [6.07, 6.45) is 5.40. The highest BCUT2D eigenvalue weighted by Crippen LogP contribution is 2.37. The van der Waals surface area contributed by atoms with Crippen LogP contribution in [0.25, 0.3) is 0 Å². The Labute approximate surface area is 112 Å². The average molecular weight is 255 g/mol. The van der Waals surface area contributed by atoms with E-state index in [2.05, 4.69) is 0 Å². The van der Waals surface area contributed by atoms with E-state index in [0.717, 1.165) is 5.56 Å². The molecule has 1 saturated heterocycles. The lowest BCUT2D eigenvalue weighted by molar-refractivity contribution is -0.122. The lowest BCUT2D eigenvalue weighted by atomic mass is 9.85. The number of amides is 2. The van der Waals surface area contributed by atoms with Crippen molar-refractivity contribution in [3.63, 3.8) is 0 Å². The molecule has 2 amide bonds. The van der Waals surface area contributed by atoms with Gasteiger partial charge in [0.2, 0.25) is 11.8 Å². The monoisotopic (exact) mass is 255 g/mol. The Balaban J connectivity index is 1.99. The molecule has 3 nitrogen and oxygen atoms in total. The lowest BCUT2D eigenvalue weighted by Gasteiger charge is -2.16. The number of benzene rings is 1. The second-order valence-electron chi connectivity index (χ2n) is 5.44. The maximum Gasteiger partial charge on any atom is 0.238 e. The number of hydrogen-bond acceptors (Lipinski definition) is 2. The fourth-order valence-corrected chi connectivity index (χ4v) is 2.92. The van der Waals surface area contributed by atoms with Crippen molar-refractivity contribution < 1.29 is 9.59 Å². The summed E-state index contributed by atoms with van der Waals surface area (Å²) in [7, 11) is 0. The van der Waals surface area contributed by atoms with Gasteiger partial charge in [-0.15, -0.1) is 0 Å². The fraction of sp³-hybridized carbons (Fsp3) is 0.375. The maximum absolute atomic E-state index is 12.4. The van der Waals surface area contributed by atoms with Crippen LogP contribution in [-0.4, -0.2) is 11.8 Å². The molecule has 98 valence electrons. The summed E-state index contributed by atoms with van der Waals surface area (Å²) in [6.45, 7) is 4.02. The summed E-state index contributed by atoms with van der Waals surface area (Å²) in [5.74, 6) is -0.386. The molecule has 0 unspecified atom stereocenters. The van der Waals surface area contributed by atoms with Gasteiger partial charge >= 0.3 is 0 Å². The average Bonchev–Trinajstić information content (AvgIpc) is 2.66. The summed E-state index contributed by atoms with van der Waals surface area (Å²) in [6, 6.07) is 5.75. The first-order chi connectivity index (χ1) is 9.09. The standard InChI is InChI=1S/C16H17NO2/c1-10-7-8-12(9-11(10)2)17-15(18)13-5-3-4-6-14(13)16(17)19/h3-4,7-9,13-14H,5-6H2,1-2H3/t13-,14-/m0/s1. The van der Waals surface area contributed by atoms with Crippen LogP contribution in [0.4, 0.5) is 5.69 Å². The van der Waals surface area contributed by atoms with Gasteiger partial charge in [0.05, 0.1) is 17.5 Å². The van der Waals surface area contributed by atoms with Gasteiger partial charge < -0.3 is 0 Å². The van der Waals surface area contributed by atoms with Gasteiger partial charge in [-0.05, 0) is 49.9 Å². The Bertz CT molecular complexity index is 562. The number of rotatable bonds is 1. The van der Waals surface area contributed by atoms with Gasteiger partial charge in [-0.3, -0.25) is 14.5 Å². The summed E-state index contributed by atoms with van der Waals surface area (Å²) in [5.41, 5.74) is 2.99. The Hall–Kier alpha value is -1.90. The fourth-order valence-electron chi connectivity index (χ4n) is 2.92. The first-order valence-corrected chi connectivity index (χ1v) is 6.69. The molecule has 0 spiro atoms. The molecule has 3 heteroatoms. The molecular formula is C16H17NO2. The Kier molecular flexibility index (Phi) is 2.77. The zero-order valence-electron chi connectivity index (χ0n) is 11.2. The molecule has 3 rings (SSSR count). The predicted molar refractivity (Wildman–Crippen MR) is 73.8 cm³/mol. The SMILES string of the molecule is Cc1ccc(N2C(=O)[C@H]3CC=CC[C@@H]3C2=O)cc1C. The van der Waals surface area contributed by atoms with Crippen LogP contribution >= 0.6 is 0 Å². The van der Waals surface area contributed by atoms with Crippen molar-refractivity contribution in [2.45, 2.75) is 26.7 Å². The van der Waals surface area contributed by atoms with E-state index in [-0.39, 0.29) is 23.7 Å². The third-order valence-electron chi connectivity index (χ3n) is 4.26. The molecule has 0 saturated carbocycles. The molecule has 19 heavy (non-hydrogen) atoms. The topological polar surface area (TPSA) is 37.4 Å². The van der Waals surface area contributed by atoms with Gasteiger partial charge in [-0.25, -0.2) is 0 Å². The third kappa shape index (κ3) is 1.81. The number of hydrogen-bond donors (Lipinski definition) is 0. The number of carbonyl (C=O) groups is 2. The molecule has 1 aromatic carbocycles. The van der Waals surface area contributed by atoms with E-state index in [1.165, 1.54) is 10.5 Å². The van der Waals surface area contributed by atoms with Gasteiger partial charge in [0.25, 0.3) is 0 Å². The number of carbonyl (C=O) groups excluding carboxylic acids is 2. The number of nitrogens with zero attached hydrogens (tertiary/aromatic N) is 1. The van der Waals surface area contributed by atoms with E-state index in [1.807, 2.05) is 44.2 Å². The van der Waals surface area contributed by atoms with Crippen molar-refractivity contribution >= 4 is 17.5 Å². The third-order valence-corrected chi connectivity index (χ3v) is 4.26. The molecule has 2 atom stereocenters. The zero-order chi connectivity index (χ0) is 13.6. The highest BCUT2D eigenvalue weighted by atomic mass is 16.2. The Morgan fingerprint density at radius 2 is 1.53 bits per heavy atom. The summed E-state index contributed by atoms with van der Waals surface area (Å²) in [5, 5.41) is 0. The van der Waals surface area contributed by atoms with Crippen LogP contribution in [-0.2, 0) is 9.59 Å². The number of allylic oxidation sites excluding steroid dienone is 2. The van der Waals surface area contributed by atoms with E-state index in [9.17, 15) is 9.59 Å².